The predicted molar refractivity (Wildman–Crippen MR) is 124 cm³/mol. The van der Waals surface area contributed by atoms with Crippen LogP contribution < -0.4 is 10.6 Å². The molecule has 13 heteroatoms. The number of benzene rings is 2. The van der Waals surface area contributed by atoms with Crippen LogP contribution in [-0.4, -0.2) is 36.0 Å². The number of methoxy groups -OCH3 is 2. The molecule has 2 aromatic rings. The summed E-state index contributed by atoms with van der Waals surface area (Å²) in [6.07, 6.45) is 0. The summed E-state index contributed by atoms with van der Waals surface area (Å²) in [5, 5.41) is 33.3. The number of ether oxygens (including phenoxy) is 2. The minimum Gasteiger partial charge on any atom is -0.466 e. The van der Waals surface area contributed by atoms with Gasteiger partial charge in [-0.2, -0.15) is 5.26 Å². The van der Waals surface area contributed by atoms with Crippen LogP contribution in [0.5, 0.6) is 0 Å². The normalized spacial score (nSPS) is 15.3. The van der Waals surface area contributed by atoms with Gasteiger partial charge in [0, 0.05) is 12.1 Å². The molecule has 0 saturated carbocycles. The second-order valence-electron chi connectivity index (χ2n) is 7.46. The van der Waals surface area contributed by atoms with Crippen molar-refractivity contribution in [2.45, 2.75) is 12.8 Å². The van der Waals surface area contributed by atoms with Crippen LogP contribution >= 0.6 is 0 Å². The molecule has 184 valence electrons. The molecule has 0 radical (unpaired) electrons. The van der Waals surface area contributed by atoms with Crippen LogP contribution in [0.1, 0.15) is 17.0 Å². The van der Waals surface area contributed by atoms with E-state index in [9.17, 15) is 35.1 Å². The van der Waals surface area contributed by atoms with Crippen LogP contribution in [0.2, 0.25) is 0 Å². The molecule has 0 saturated heterocycles. The number of carbonyl (C=O) groups excluding carboxylic acids is 2. The molecule has 2 aromatic carbocycles. The van der Waals surface area contributed by atoms with Gasteiger partial charge in [0.1, 0.15) is 17.1 Å². The molecule has 1 atom stereocenters. The topological polar surface area (TPSA) is 192 Å². The predicted octanol–water partition coefficient (Wildman–Crippen LogP) is 2.71. The number of nitro benzene ring substituents is 2. The zero-order valence-electron chi connectivity index (χ0n) is 19.3. The molecule has 0 bridgehead atoms. The Hall–Kier alpha value is -5.25. The van der Waals surface area contributed by atoms with Gasteiger partial charge < -0.3 is 15.2 Å². The van der Waals surface area contributed by atoms with Crippen molar-refractivity contribution < 1.29 is 28.9 Å². The molecule has 36 heavy (non-hydrogen) atoms. The molecule has 1 aliphatic rings. The molecule has 3 rings (SSSR count). The first-order chi connectivity index (χ1) is 17.1. The Morgan fingerprint density at radius 1 is 1.03 bits per heavy atom. The molecule has 1 aliphatic heterocycles. The lowest BCUT2D eigenvalue weighted by Gasteiger charge is -2.35. The van der Waals surface area contributed by atoms with E-state index in [2.05, 4.69) is 0 Å². The number of hydrogen-bond donors (Lipinski definition) is 1. The molecule has 0 aromatic heterocycles. The molecule has 0 amide bonds. The molecule has 0 spiro atoms. The Labute approximate surface area is 203 Å². The van der Waals surface area contributed by atoms with Crippen LogP contribution in [0.3, 0.4) is 0 Å². The summed E-state index contributed by atoms with van der Waals surface area (Å²) in [5.41, 5.74) is 3.86. The lowest BCUT2D eigenvalue weighted by molar-refractivity contribution is -0.395. The Morgan fingerprint density at radius 3 is 2.00 bits per heavy atom. The largest absolute Gasteiger partial charge is 0.466 e. The molecule has 0 fully saturated rings. The molecule has 1 unspecified atom stereocenters. The Morgan fingerprint density at radius 2 is 1.56 bits per heavy atom. The van der Waals surface area contributed by atoms with Crippen molar-refractivity contribution in [2.24, 2.45) is 5.73 Å². The number of nitrogens with zero attached hydrogens (tertiary/aromatic N) is 4. The fourth-order valence-corrected chi connectivity index (χ4v) is 3.96. The summed E-state index contributed by atoms with van der Waals surface area (Å²) in [6.45, 7) is 1.19. The Kier molecular flexibility index (Phi) is 7.00. The minimum atomic E-state index is -1.16. The average molecular weight is 493 g/mol. The van der Waals surface area contributed by atoms with Crippen LogP contribution in [0, 0.1) is 38.5 Å². The molecule has 2 N–H and O–H groups in total. The maximum absolute atomic E-state index is 13.0. The monoisotopic (exact) mass is 493 g/mol. The number of nitrogens with two attached hydrogens (primary N) is 1. The highest BCUT2D eigenvalue weighted by atomic mass is 16.6. The summed E-state index contributed by atoms with van der Waals surface area (Å²) in [7, 11) is 2.09. The summed E-state index contributed by atoms with van der Waals surface area (Å²) in [4.78, 5) is 48.6. The number of esters is 2. The fraction of sp³-hybridized carbons (Fsp3) is 0.174. The summed E-state index contributed by atoms with van der Waals surface area (Å²) >= 11 is 0. The van der Waals surface area contributed by atoms with Gasteiger partial charge in [0.2, 0.25) is 0 Å². The average Bonchev–Trinajstić information content (AvgIpc) is 2.87. The highest BCUT2D eigenvalue weighted by Crippen LogP contribution is 2.45. The van der Waals surface area contributed by atoms with Gasteiger partial charge in [-0.15, -0.1) is 0 Å². The van der Waals surface area contributed by atoms with Gasteiger partial charge >= 0.3 is 11.9 Å². The van der Waals surface area contributed by atoms with Gasteiger partial charge in [-0.1, -0.05) is 30.3 Å². The second-order valence-corrected chi connectivity index (χ2v) is 7.46. The van der Waals surface area contributed by atoms with Crippen LogP contribution in [0.25, 0.3) is 0 Å². The smallest absolute Gasteiger partial charge is 0.355 e. The van der Waals surface area contributed by atoms with Crippen LogP contribution in [0.4, 0.5) is 17.1 Å². The van der Waals surface area contributed by atoms with E-state index in [1.165, 1.54) is 6.92 Å². The van der Waals surface area contributed by atoms with Gasteiger partial charge in [0.15, 0.2) is 0 Å². The van der Waals surface area contributed by atoms with Gasteiger partial charge in [-0.25, -0.2) is 9.59 Å². The Bertz CT molecular complexity index is 1360. The van der Waals surface area contributed by atoms with Gasteiger partial charge in [-0.05, 0) is 12.5 Å². The van der Waals surface area contributed by atoms with Crippen LogP contribution in [-0.2, 0) is 19.1 Å². The third-order valence-corrected chi connectivity index (χ3v) is 5.60. The van der Waals surface area contributed by atoms with Gasteiger partial charge in [0.25, 0.3) is 11.4 Å². The number of nitriles is 1. The Balaban J connectivity index is 2.50. The second kappa shape index (κ2) is 9.94. The highest BCUT2D eigenvalue weighted by molar-refractivity contribution is 6.06. The molecule has 1 heterocycles. The van der Waals surface area contributed by atoms with Crippen molar-refractivity contribution >= 4 is 29.0 Å². The van der Waals surface area contributed by atoms with Crippen molar-refractivity contribution in [3.63, 3.8) is 0 Å². The van der Waals surface area contributed by atoms with Crippen molar-refractivity contribution in [3.05, 3.63) is 96.5 Å². The number of allylic oxidation sites excluding steroid dienone is 1. The van der Waals surface area contributed by atoms with E-state index >= 15 is 0 Å². The molecule has 0 aliphatic carbocycles. The van der Waals surface area contributed by atoms with Crippen molar-refractivity contribution in [2.75, 3.05) is 19.1 Å². The third kappa shape index (κ3) is 4.18. The number of rotatable bonds is 6. The lowest BCUT2D eigenvalue weighted by Crippen LogP contribution is -2.40. The quantitative estimate of drug-likeness (QED) is 0.353. The first kappa shape index (κ1) is 25.4. The molecular formula is C23H19N5O8. The van der Waals surface area contributed by atoms with E-state index in [-0.39, 0.29) is 28.2 Å². The number of anilines is 1. The first-order valence-electron chi connectivity index (χ1n) is 10.2. The maximum atomic E-state index is 13.0. The van der Waals surface area contributed by atoms with Gasteiger partial charge in [-0.3, -0.25) is 25.1 Å². The third-order valence-electron chi connectivity index (χ3n) is 5.60. The van der Waals surface area contributed by atoms with Crippen molar-refractivity contribution in [1.82, 2.24) is 0 Å². The van der Waals surface area contributed by atoms with E-state index in [1.54, 1.807) is 30.3 Å². The highest BCUT2D eigenvalue weighted by Gasteiger charge is 2.43. The SMILES string of the molecule is COC(=O)C1=C(C(=O)OC)N(c2cc([N+](=O)[O-])c(C)c([N+](=O)[O-])c2)C(N)=C(C#N)C1c1ccccc1. The van der Waals surface area contributed by atoms with E-state index in [0.29, 0.717) is 5.56 Å². The lowest BCUT2D eigenvalue weighted by atomic mass is 9.81. The summed E-state index contributed by atoms with van der Waals surface area (Å²) < 4.78 is 9.77. The van der Waals surface area contributed by atoms with E-state index in [4.69, 9.17) is 15.2 Å². The standard InChI is InChI=1S/C23H19N5O8/c1-12-16(27(31)32)9-14(10-17(12)28(33)34)26-20(23(30)36-3)19(22(29)35-2)18(15(11-24)21(26)25)13-7-5-4-6-8-13/h4-10,18H,25H2,1-3H3. The van der Waals surface area contributed by atoms with E-state index < -0.39 is 44.8 Å². The van der Waals surface area contributed by atoms with E-state index in [0.717, 1.165) is 31.3 Å². The van der Waals surface area contributed by atoms with E-state index in [1.807, 2.05) is 6.07 Å². The summed E-state index contributed by atoms with van der Waals surface area (Å²) in [6, 6.07) is 12.0. The zero-order valence-corrected chi connectivity index (χ0v) is 19.3. The number of carbonyl (C=O) groups is 2. The van der Waals surface area contributed by atoms with Crippen molar-refractivity contribution in [1.29, 1.82) is 5.26 Å². The minimum absolute atomic E-state index is 0.194. The number of hydrogen-bond acceptors (Lipinski definition) is 11. The zero-order chi connectivity index (χ0) is 26.7. The van der Waals surface area contributed by atoms with Crippen molar-refractivity contribution in [3.8, 4) is 6.07 Å². The first-order valence-corrected chi connectivity index (χ1v) is 10.2. The maximum Gasteiger partial charge on any atom is 0.355 e. The molecular weight excluding hydrogens is 474 g/mol. The van der Waals surface area contributed by atoms with Crippen LogP contribution in [0.15, 0.2) is 65.1 Å². The summed E-state index contributed by atoms with van der Waals surface area (Å²) in [5.74, 6) is -3.65. The van der Waals surface area contributed by atoms with Gasteiger partial charge in [0.05, 0.1) is 52.9 Å². The number of nitro groups is 2. The molecule has 13 nitrogen and oxygen atoms in total. The fourth-order valence-electron chi connectivity index (χ4n) is 3.96.